The van der Waals surface area contributed by atoms with Crippen molar-refractivity contribution in [2.24, 2.45) is 0 Å². The summed E-state index contributed by atoms with van der Waals surface area (Å²) in [5.74, 6) is 1.84. The lowest BCUT2D eigenvalue weighted by atomic mass is 9.74. The van der Waals surface area contributed by atoms with Crippen molar-refractivity contribution >= 4 is 27.7 Å². The van der Waals surface area contributed by atoms with Crippen LogP contribution in [-0.4, -0.2) is 18.8 Å². The minimum Gasteiger partial charge on any atom is -0.316 e. The van der Waals surface area contributed by atoms with Gasteiger partial charge in [-0.2, -0.15) is 0 Å². The second kappa shape index (κ2) is 6.99. The maximum Gasteiger partial charge on any atom is 0.0311 e. The molecule has 3 heteroatoms. The van der Waals surface area contributed by atoms with Crippen molar-refractivity contribution in [2.75, 3.05) is 12.8 Å². The Balaban J connectivity index is 1.56. The first-order chi connectivity index (χ1) is 10.3. The maximum atomic E-state index is 3.62. The highest BCUT2D eigenvalue weighted by molar-refractivity contribution is 9.10. The molecule has 110 valence electrons. The first kappa shape index (κ1) is 15.1. The average molecular weight is 362 g/mol. The van der Waals surface area contributed by atoms with Gasteiger partial charge in [-0.15, -0.1) is 11.8 Å². The van der Waals surface area contributed by atoms with Crippen molar-refractivity contribution < 1.29 is 0 Å². The summed E-state index contributed by atoms with van der Waals surface area (Å²) >= 11 is 5.55. The molecule has 0 aromatic heterocycles. The number of rotatable bonds is 6. The Morgan fingerprint density at radius 1 is 1.19 bits per heavy atom. The van der Waals surface area contributed by atoms with Crippen LogP contribution in [0.2, 0.25) is 0 Å². The van der Waals surface area contributed by atoms with Crippen LogP contribution in [0.1, 0.15) is 23.5 Å². The molecule has 1 aliphatic carbocycles. The molecule has 0 spiro atoms. The predicted molar refractivity (Wildman–Crippen MR) is 95.2 cm³/mol. The summed E-state index contributed by atoms with van der Waals surface area (Å²) in [6.45, 7) is 0. The van der Waals surface area contributed by atoms with Crippen molar-refractivity contribution in [1.29, 1.82) is 0 Å². The van der Waals surface area contributed by atoms with Crippen molar-refractivity contribution in [2.45, 2.75) is 29.7 Å². The van der Waals surface area contributed by atoms with Crippen LogP contribution in [0.15, 0.2) is 57.9 Å². The van der Waals surface area contributed by atoms with E-state index in [1.165, 1.54) is 27.8 Å². The summed E-state index contributed by atoms with van der Waals surface area (Å²) in [4.78, 5) is 1.33. The molecule has 0 amide bonds. The van der Waals surface area contributed by atoms with E-state index in [1.807, 2.05) is 11.8 Å². The van der Waals surface area contributed by atoms with Crippen LogP contribution in [0.5, 0.6) is 0 Å². The van der Waals surface area contributed by atoms with E-state index in [2.05, 4.69) is 76.8 Å². The molecule has 1 N–H and O–H groups in total. The van der Waals surface area contributed by atoms with Crippen molar-refractivity contribution in [3.8, 4) is 0 Å². The second-order valence-electron chi connectivity index (χ2n) is 5.56. The Kier molecular flexibility index (Phi) is 5.04. The second-order valence-corrected chi connectivity index (χ2v) is 7.48. The van der Waals surface area contributed by atoms with Gasteiger partial charge >= 0.3 is 0 Å². The highest BCUT2D eigenvalue weighted by Crippen LogP contribution is 2.38. The summed E-state index contributed by atoms with van der Waals surface area (Å²) in [6.07, 6.45) is 2.47. The van der Waals surface area contributed by atoms with Crippen molar-refractivity contribution in [1.82, 2.24) is 5.32 Å². The molecule has 0 saturated heterocycles. The fourth-order valence-corrected chi connectivity index (χ4v) is 4.63. The molecule has 3 rings (SSSR count). The molecule has 1 aliphatic rings. The number of halogens is 1. The van der Waals surface area contributed by atoms with Gasteiger partial charge < -0.3 is 5.32 Å². The van der Waals surface area contributed by atoms with Crippen molar-refractivity contribution in [3.63, 3.8) is 0 Å². The van der Waals surface area contributed by atoms with Gasteiger partial charge in [0.1, 0.15) is 0 Å². The molecule has 0 heterocycles. The summed E-state index contributed by atoms with van der Waals surface area (Å²) in [7, 11) is 2.08. The van der Waals surface area contributed by atoms with Crippen LogP contribution in [-0.2, 0) is 6.42 Å². The zero-order chi connectivity index (χ0) is 14.7. The zero-order valence-corrected chi connectivity index (χ0v) is 14.6. The maximum absolute atomic E-state index is 3.62. The molecule has 2 unspecified atom stereocenters. The standard InChI is InChI=1S/C18H20BrNS/c1-20-15(12-21-18-9-5-4-8-17(18)19)11-14-10-13-6-2-3-7-16(13)14/h2-9,14-15,20H,10-12H2,1H3. The molecule has 2 aromatic rings. The number of nitrogens with one attached hydrogen (secondary N) is 1. The Bertz CT molecular complexity index is 614. The van der Waals surface area contributed by atoms with E-state index in [4.69, 9.17) is 0 Å². The van der Waals surface area contributed by atoms with E-state index in [1.54, 1.807) is 5.56 Å². The fourth-order valence-electron chi connectivity index (χ4n) is 2.94. The van der Waals surface area contributed by atoms with Gasteiger partial charge in [0.2, 0.25) is 0 Å². The number of benzene rings is 2. The largest absolute Gasteiger partial charge is 0.316 e. The Labute approximate surface area is 139 Å². The number of hydrogen-bond donors (Lipinski definition) is 1. The van der Waals surface area contributed by atoms with Gasteiger partial charge in [0.05, 0.1) is 0 Å². The van der Waals surface area contributed by atoms with E-state index in [-0.39, 0.29) is 0 Å². The topological polar surface area (TPSA) is 12.0 Å². The quantitative estimate of drug-likeness (QED) is 0.737. The lowest BCUT2D eigenvalue weighted by Gasteiger charge is -2.33. The minimum atomic E-state index is 0.556. The van der Waals surface area contributed by atoms with Crippen LogP contribution in [0, 0.1) is 0 Å². The first-order valence-electron chi connectivity index (χ1n) is 7.40. The lowest BCUT2D eigenvalue weighted by molar-refractivity contribution is 0.468. The molecule has 21 heavy (non-hydrogen) atoms. The summed E-state index contributed by atoms with van der Waals surface area (Å²) < 4.78 is 1.19. The lowest BCUT2D eigenvalue weighted by Crippen LogP contribution is -2.32. The monoisotopic (exact) mass is 361 g/mol. The molecule has 0 aliphatic heterocycles. The third-order valence-electron chi connectivity index (χ3n) is 4.22. The van der Waals surface area contributed by atoms with E-state index in [9.17, 15) is 0 Å². The van der Waals surface area contributed by atoms with E-state index in [0.717, 1.165) is 11.7 Å². The molecular formula is C18H20BrNS. The molecule has 1 nitrogen and oxygen atoms in total. The van der Waals surface area contributed by atoms with E-state index < -0.39 is 0 Å². The van der Waals surface area contributed by atoms with E-state index >= 15 is 0 Å². The van der Waals surface area contributed by atoms with Gasteiger partial charge in [-0.25, -0.2) is 0 Å². The van der Waals surface area contributed by atoms with Crippen LogP contribution in [0.4, 0.5) is 0 Å². The molecule has 0 saturated carbocycles. The summed E-state index contributed by atoms with van der Waals surface area (Å²) in [5, 5.41) is 3.49. The fraction of sp³-hybridized carbons (Fsp3) is 0.333. The Morgan fingerprint density at radius 2 is 1.95 bits per heavy atom. The zero-order valence-electron chi connectivity index (χ0n) is 12.2. The molecular weight excluding hydrogens is 342 g/mol. The average Bonchev–Trinajstić information content (AvgIpc) is 2.49. The van der Waals surface area contributed by atoms with Crippen LogP contribution in [0.25, 0.3) is 0 Å². The molecule has 0 bridgehead atoms. The summed E-state index contributed by atoms with van der Waals surface area (Å²) in [6, 6.07) is 17.9. The highest BCUT2D eigenvalue weighted by Gasteiger charge is 2.27. The summed E-state index contributed by atoms with van der Waals surface area (Å²) in [5.41, 5.74) is 3.10. The third-order valence-corrected chi connectivity index (χ3v) is 6.41. The van der Waals surface area contributed by atoms with Crippen LogP contribution < -0.4 is 5.32 Å². The normalized spacial score (nSPS) is 17.9. The van der Waals surface area contributed by atoms with Gasteiger partial charge in [-0.1, -0.05) is 36.4 Å². The van der Waals surface area contributed by atoms with Crippen LogP contribution >= 0.6 is 27.7 Å². The van der Waals surface area contributed by atoms with E-state index in [0.29, 0.717) is 6.04 Å². The smallest absolute Gasteiger partial charge is 0.0311 e. The Hall–Kier alpha value is -0.770. The highest BCUT2D eigenvalue weighted by atomic mass is 79.9. The number of fused-ring (bicyclic) bond motifs is 1. The number of hydrogen-bond acceptors (Lipinski definition) is 2. The van der Waals surface area contributed by atoms with Gasteiger partial charge in [0, 0.05) is 21.2 Å². The molecule has 0 radical (unpaired) electrons. The molecule has 2 atom stereocenters. The predicted octanol–water partition coefficient (Wildman–Crippen LogP) is 4.86. The SMILES string of the molecule is CNC(CSc1ccccc1Br)CC1Cc2ccccc21. The Morgan fingerprint density at radius 3 is 2.71 bits per heavy atom. The van der Waals surface area contributed by atoms with Crippen LogP contribution in [0.3, 0.4) is 0 Å². The van der Waals surface area contributed by atoms with Gasteiger partial charge in [0.15, 0.2) is 0 Å². The van der Waals surface area contributed by atoms with Gasteiger partial charge in [-0.05, 0) is 65.0 Å². The minimum absolute atomic E-state index is 0.556. The molecule has 2 aromatic carbocycles. The first-order valence-corrected chi connectivity index (χ1v) is 9.18. The van der Waals surface area contributed by atoms with Gasteiger partial charge in [0.25, 0.3) is 0 Å². The third kappa shape index (κ3) is 3.53. The number of thioether (sulfide) groups is 1. The van der Waals surface area contributed by atoms with Crippen molar-refractivity contribution in [3.05, 3.63) is 64.1 Å². The van der Waals surface area contributed by atoms with Gasteiger partial charge in [-0.3, -0.25) is 0 Å². The molecule has 0 fully saturated rings.